The summed E-state index contributed by atoms with van der Waals surface area (Å²) in [5.41, 5.74) is 2.14. The van der Waals surface area contributed by atoms with Crippen LogP contribution in [0.15, 0.2) is 47.6 Å². The number of aromatic nitrogens is 2. The first-order valence-corrected chi connectivity index (χ1v) is 12.4. The molecule has 1 amide bonds. The second kappa shape index (κ2) is 7.98. The van der Waals surface area contributed by atoms with Crippen molar-refractivity contribution in [1.82, 2.24) is 9.36 Å². The highest BCUT2D eigenvalue weighted by Gasteiger charge is 2.39. The summed E-state index contributed by atoms with van der Waals surface area (Å²) in [6, 6.07) is 8.74. The Bertz CT molecular complexity index is 1290. The van der Waals surface area contributed by atoms with Crippen LogP contribution in [-0.4, -0.2) is 42.8 Å². The third-order valence-electron chi connectivity index (χ3n) is 5.68. The number of nitrogens with one attached hydrogen (secondary N) is 1. The van der Waals surface area contributed by atoms with Gasteiger partial charge in [0.05, 0.1) is 9.92 Å². The molecule has 0 saturated carbocycles. The maximum Gasteiger partial charge on any atom is 0.263 e. The Morgan fingerprint density at radius 3 is 2.69 bits per heavy atom. The van der Waals surface area contributed by atoms with Crippen LogP contribution in [0.5, 0.6) is 0 Å². The molecule has 0 aliphatic carbocycles. The Morgan fingerprint density at radius 2 is 1.97 bits per heavy atom. The number of sulfonamides is 1. The van der Waals surface area contributed by atoms with Crippen molar-refractivity contribution in [3.63, 3.8) is 0 Å². The molecule has 3 heterocycles. The van der Waals surface area contributed by atoms with Crippen molar-refractivity contribution < 1.29 is 19.0 Å². The molecule has 0 bridgehead atoms. The number of anilines is 3. The van der Waals surface area contributed by atoms with E-state index in [1.807, 2.05) is 4.90 Å². The van der Waals surface area contributed by atoms with E-state index in [-0.39, 0.29) is 28.4 Å². The van der Waals surface area contributed by atoms with Crippen molar-refractivity contribution >= 4 is 55.6 Å². The van der Waals surface area contributed by atoms with Crippen LogP contribution in [0.25, 0.3) is 0 Å². The zero-order valence-corrected chi connectivity index (χ0v) is 18.9. The highest BCUT2D eigenvalue weighted by Crippen LogP contribution is 2.38. The summed E-state index contributed by atoms with van der Waals surface area (Å²) in [6.07, 6.45) is 2.46. The molecule has 32 heavy (non-hydrogen) atoms. The lowest BCUT2D eigenvalue weighted by Gasteiger charge is -2.26. The largest absolute Gasteiger partial charge is 0.359 e. The third kappa shape index (κ3) is 3.59. The molecule has 1 aromatic heterocycles. The van der Waals surface area contributed by atoms with Gasteiger partial charge < -0.3 is 9.80 Å². The van der Waals surface area contributed by atoms with Crippen LogP contribution in [0, 0.1) is 5.82 Å². The van der Waals surface area contributed by atoms with Crippen LogP contribution in [0.3, 0.4) is 0 Å². The van der Waals surface area contributed by atoms with Gasteiger partial charge >= 0.3 is 0 Å². The summed E-state index contributed by atoms with van der Waals surface area (Å²) in [7, 11) is -3.80. The van der Waals surface area contributed by atoms with Crippen LogP contribution >= 0.6 is 23.1 Å². The van der Waals surface area contributed by atoms with Crippen LogP contribution < -0.4 is 14.5 Å². The average molecular weight is 496 g/mol. The summed E-state index contributed by atoms with van der Waals surface area (Å²) in [5, 5.41) is 0.295. The zero-order chi connectivity index (χ0) is 22.5. The van der Waals surface area contributed by atoms with Gasteiger partial charge in [-0.25, -0.2) is 17.8 Å². The summed E-state index contributed by atoms with van der Waals surface area (Å²) in [4.78, 5) is 20.7. The van der Waals surface area contributed by atoms with Gasteiger partial charge in [0.25, 0.3) is 10.0 Å². The monoisotopic (exact) mass is 495 g/mol. The molecule has 12 heteroatoms. The van der Waals surface area contributed by atoms with Gasteiger partial charge in [0.2, 0.25) is 11.0 Å². The van der Waals surface area contributed by atoms with Crippen molar-refractivity contribution in [3.05, 3.63) is 59.1 Å². The number of hydrogen-bond donors (Lipinski definition) is 1. The van der Waals surface area contributed by atoms with E-state index < -0.39 is 15.8 Å². The maximum atomic E-state index is 13.8. The fourth-order valence-electron chi connectivity index (χ4n) is 4.17. The number of halogens is 2. The minimum atomic E-state index is -3.80. The van der Waals surface area contributed by atoms with Crippen LogP contribution in [0.4, 0.5) is 20.9 Å². The Balaban J connectivity index is 0.00000259. The van der Waals surface area contributed by atoms with Crippen molar-refractivity contribution in [2.45, 2.75) is 23.8 Å². The first-order chi connectivity index (χ1) is 15.3. The molecule has 8 nitrogen and oxygen atoms in total. The predicted molar refractivity (Wildman–Crippen MR) is 122 cm³/mol. The van der Waals surface area contributed by atoms with Crippen LogP contribution in [-0.2, 0) is 21.2 Å². The highest BCUT2D eigenvalue weighted by molar-refractivity contribution is 7.93. The Morgan fingerprint density at radius 1 is 1.19 bits per heavy atom. The SMILES string of the molecule is O=C1[C@@H](N2CCc3c2ccc(F)c3Cl)CCN1c1ccc(S(=O)(=O)Nc2ncns2)cc1.[HH]. The maximum absolute atomic E-state index is 13.8. The highest BCUT2D eigenvalue weighted by atomic mass is 35.5. The normalized spacial score (nSPS) is 18.3. The number of nitrogens with zero attached hydrogens (tertiary/aromatic N) is 4. The molecule has 1 saturated heterocycles. The molecule has 0 unspecified atom stereocenters. The second-order valence-electron chi connectivity index (χ2n) is 7.44. The van der Waals surface area contributed by atoms with E-state index in [2.05, 4.69) is 14.1 Å². The van der Waals surface area contributed by atoms with E-state index in [0.29, 0.717) is 31.6 Å². The Kier molecular flexibility index (Phi) is 5.26. The first kappa shape index (κ1) is 21.1. The summed E-state index contributed by atoms with van der Waals surface area (Å²) < 4.78 is 44.9. The third-order valence-corrected chi connectivity index (χ3v) is 8.15. The van der Waals surface area contributed by atoms with Gasteiger partial charge in [0, 0.05) is 37.4 Å². The Labute approximate surface area is 194 Å². The van der Waals surface area contributed by atoms with Crippen molar-refractivity contribution in [3.8, 4) is 0 Å². The lowest BCUT2D eigenvalue weighted by Crippen LogP contribution is -2.41. The Hall–Kier alpha value is -2.76. The molecule has 1 fully saturated rings. The van der Waals surface area contributed by atoms with Crippen molar-refractivity contribution in [1.29, 1.82) is 0 Å². The molecule has 1 N–H and O–H groups in total. The topological polar surface area (TPSA) is 95.5 Å². The number of carbonyl (C=O) groups excluding carboxylic acids is 1. The van der Waals surface area contributed by atoms with Gasteiger partial charge in [-0.15, -0.1) is 0 Å². The van der Waals surface area contributed by atoms with E-state index in [1.165, 1.54) is 24.5 Å². The quantitative estimate of drug-likeness (QED) is 0.581. The molecule has 5 rings (SSSR count). The molecule has 168 valence electrons. The van der Waals surface area contributed by atoms with Crippen LogP contribution in [0.2, 0.25) is 5.02 Å². The lowest BCUT2D eigenvalue weighted by atomic mass is 10.1. The minimum Gasteiger partial charge on any atom is -0.359 e. The van der Waals surface area contributed by atoms with Gasteiger partial charge in [0.15, 0.2) is 0 Å². The van der Waals surface area contributed by atoms with E-state index in [0.717, 1.165) is 22.8 Å². The second-order valence-corrected chi connectivity index (χ2v) is 10.3. The number of benzene rings is 2. The lowest BCUT2D eigenvalue weighted by molar-refractivity contribution is -0.118. The number of carbonyl (C=O) groups is 1. The molecular weight excluding hydrogens is 477 g/mol. The standard InChI is InChI=1S/C20H17ClFN5O3S2.H2/c21-18-14-7-9-27(16(14)6-5-15(18)22)17-8-10-26(19(17)28)12-1-3-13(4-2-12)32(29,30)25-20-23-11-24-31-20;/h1-6,11,17H,7-10H2,(H,23,24,25);1H/t17-;/m0./s1. The summed E-state index contributed by atoms with van der Waals surface area (Å²) in [6.45, 7) is 1.09. The fraction of sp³-hybridized carbons (Fsp3) is 0.250. The number of fused-ring (bicyclic) bond motifs is 1. The van der Waals surface area contributed by atoms with Gasteiger partial charge in [-0.2, -0.15) is 4.37 Å². The molecule has 0 spiro atoms. The molecule has 2 aromatic carbocycles. The fourth-order valence-corrected chi connectivity index (χ4v) is 6.09. The van der Waals surface area contributed by atoms with E-state index in [9.17, 15) is 17.6 Å². The molecule has 3 aromatic rings. The minimum absolute atomic E-state index is 0. The summed E-state index contributed by atoms with van der Waals surface area (Å²) in [5.74, 6) is -0.539. The zero-order valence-electron chi connectivity index (χ0n) is 16.5. The first-order valence-electron chi connectivity index (χ1n) is 9.79. The number of rotatable bonds is 5. The van der Waals surface area contributed by atoms with Crippen molar-refractivity contribution in [2.24, 2.45) is 0 Å². The molecule has 1 atom stereocenters. The molecule has 2 aliphatic rings. The predicted octanol–water partition coefficient (Wildman–Crippen LogP) is 3.55. The van der Waals surface area contributed by atoms with E-state index >= 15 is 0 Å². The average Bonchev–Trinajstić information content (AvgIpc) is 3.51. The van der Waals surface area contributed by atoms with E-state index in [4.69, 9.17) is 11.6 Å². The van der Waals surface area contributed by atoms with Crippen LogP contribution in [0.1, 0.15) is 13.4 Å². The molecular formula is C20H19ClFN5O3S2. The number of hydrogen-bond acceptors (Lipinski definition) is 7. The van der Waals surface area contributed by atoms with Crippen molar-refractivity contribution in [2.75, 3.05) is 27.6 Å². The van der Waals surface area contributed by atoms with Gasteiger partial charge in [-0.1, -0.05) is 11.6 Å². The summed E-state index contributed by atoms with van der Waals surface area (Å²) >= 11 is 7.05. The smallest absolute Gasteiger partial charge is 0.263 e. The van der Waals surface area contributed by atoms with Gasteiger partial charge in [-0.3, -0.25) is 9.52 Å². The molecule has 0 radical (unpaired) electrons. The van der Waals surface area contributed by atoms with Gasteiger partial charge in [-0.05, 0) is 54.8 Å². The molecule has 2 aliphatic heterocycles. The number of amides is 1. The van der Waals surface area contributed by atoms with Gasteiger partial charge in [0.1, 0.15) is 18.2 Å². The van der Waals surface area contributed by atoms with E-state index in [1.54, 1.807) is 23.1 Å².